The summed E-state index contributed by atoms with van der Waals surface area (Å²) in [5.74, 6) is -0.0524. The number of unbranched alkanes of at least 4 members (excludes halogenated alkanes) is 4. The number of alkyl halides is 1. The van der Waals surface area contributed by atoms with Gasteiger partial charge in [-0.15, -0.1) is 13.2 Å². The molecule has 1 N–H and O–H groups in total. The Morgan fingerprint density at radius 3 is 1.33 bits per heavy atom. The first kappa shape index (κ1) is 65.6. The molecule has 0 atom stereocenters. The minimum Gasteiger partial charge on any atom is -1.00 e. The molecule has 0 heterocycles. The summed E-state index contributed by atoms with van der Waals surface area (Å²) < 4.78 is 27.0. The van der Waals surface area contributed by atoms with Crippen LogP contribution in [0.4, 0.5) is 0 Å². The van der Waals surface area contributed by atoms with Gasteiger partial charge in [0.15, 0.2) is 0 Å². The second kappa shape index (κ2) is 43.8. The number of hydrogen-bond donors (Lipinski definition) is 1. The zero-order chi connectivity index (χ0) is 47.9. The molecule has 0 saturated heterocycles. The third-order valence-corrected chi connectivity index (χ3v) is 8.60. The van der Waals surface area contributed by atoms with E-state index in [1.54, 1.807) is 109 Å². The number of carbonyl (C=O) groups excluding carboxylic acids is 4. The van der Waals surface area contributed by atoms with E-state index in [0.29, 0.717) is 54.4 Å². The fourth-order valence-electron chi connectivity index (χ4n) is 4.78. The molecule has 67 heavy (non-hydrogen) atoms. The van der Waals surface area contributed by atoms with E-state index in [1.165, 1.54) is 12.2 Å². The molecule has 0 aliphatic carbocycles. The quantitative estimate of drug-likeness (QED) is 0.00976. The minimum atomic E-state index is -1.02. The van der Waals surface area contributed by atoms with E-state index >= 15 is 0 Å². The van der Waals surface area contributed by atoms with Crippen LogP contribution in [0.1, 0.15) is 98.5 Å². The number of benzene rings is 4. The molecule has 350 valence electrons. The van der Waals surface area contributed by atoms with Gasteiger partial charge in [0.25, 0.3) is 6.47 Å². The van der Waals surface area contributed by atoms with Crippen molar-refractivity contribution in [1.82, 2.24) is 0 Å². The first-order valence-corrected chi connectivity index (χ1v) is 22.0. The van der Waals surface area contributed by atoms with Gasteiger partial charge in [0, 0.05) is 17.5 Å². The number of carboxylic acids is 1. The Hall–Kier alpha value is -3.50. The van der Waals surface area contributed by atoms with Crippen molar-refractivity contribution in [3.05, 3.63) is 157 Å². The maximum atomic E-state index is 12.3. The predicted octanol–water partition coefficient (Wildman–Crippen LogP) is 4.69. The van der Waals surface area contributed by atoms with Crippen LogP contribution in [-0.4, -0.2) is 60.6 Å². The normalized spacial score (nSPS) is 9.73. The maximum Gasteiger partial charge on any atom is 1.00 e. The van der Waals surface area contributed by atoms with Gasteiger partial charge < -0.3 is 40.4 Å². The second-order valence-electron chi connectivity index (χ2n) is 13.3. The van der Waals surface area contributed by atoms with Crippen molar-refractivity contribution in [3.63, 3.8) is 0 Å². The number of esters is 3. The number of halogens is 1. The number of aliphatic carboxylic acids is 1. The minimum absolute atomic E-state index is 0. The summed E-state index contributed by atoms with van der Waals surface area (Å²) in [7, 11) is 0. The molecule has 4 aromatic rings. The van der Waals surface area contributed by atoms with Crippen LogP contribution in [0.25, 0.3) is 12.2 Å². The van der Waals surface area contributed by atoms with Crippen molar-refractivity contribution >= 4 is 58.4 Å². The summed E-state index contributed by atoms with van der Waals surface area (Å²) in [4.78, 5) is 57.8. The monoisotopic (exact) mass is 1040 g/mol. The van der Waals surface area contributed by atoms with Crippen molar-refractivity contribution in [2.45, 2.75) is 65.2 Å². The Bertz CT molecular complexity index is 2050. The van der Waals surface area contributed by atoms with Crippen LogP contribution in [0.5, 0.6) is 23.0 Å². The number of carboxylic acid groups (broad SMARTS) is 1. The fourth-order valence-corrected chi connectivity index (χ4v) is 5.11. The van der Waals surface area contributed by atoms with Crippen LogP contribution in [0, 0.1) is 0 Å². The third kappa shape index (κ3) is 33.6. The van der Waals surface area contributed by atoms with Crippen LogP contribution >= 0.6 is 15.9 Å². The molecule has 0 fully saturated rings. The van der Waals surface area contributed by atoms with Crippen molar-refractivity contribution in [2.24, 2.45) is 0 Å². The van der Waals surface area contributed by atoms with Gasteiger partial charge in [-0.2, -0.15) is 0 Å². The Kier molecular flexibility index (Phi) is 42.8. The predicted molar refractivity (Wildman–Crippen MR) is 254 cm³/mol. The number of ether oxygens (including phenoxy) is 5. The first-order valence-electron chi connectivity index (χ1n) is 20.9. The maximum absolute atomic E-state index is 12.3. The molecule has 0 amide bonds. The zero-order valence-corrected chi connectivity index (χ0v) is 46.7. The summed E-state index contributed by atoms with van der Waals surface area (Å²) >= 11 is 3.24. The molecule has 0 bridgehead atoms. The van der Waals surface area contributed by atoms with E-state index in [-0.39, 0.29) is 111 Å². The average molecular weight is 1040 g/mol. The van der Waals surface area contributed by atoms with Crippen LogP contribution in [-0.2, 0) is 24.0 Å². The van der Waals surface area contributed by atoms with Gasteiger partial charge in [0.05, 0.1) is 30.9 Å². The fraction of sp³-hybridized carbons (Fsp3) is 0.275. The molecule has 4 rings (SSSR count). The van der Waals surface area contributed by atoms with Gasteiger partial charge in [0.2, 0.25) is 0 Å². The smallest absolute Gasteiger partial charge is 1.00 e. The summed E-state index contributed by atoms with van der Waals surface area (Å²) in [5.41, 5.74) is 2.37. The van der Waals surface area contributed by atoms with Crippen LogP contribution in [0.2, 0.25) is 0 Å². The Labute approximate surface area is 489 Å². The molecule has 0 aliphatic rings. The second-order valence-corrected chi connectivity index (χ2v) is 14.1. The SMILES string of the molecule is C=CCCBr.C=CCCOC(=O)C=Cc1ccc(OC(=O)c2ccc(OCCCCC)cc2)cc1.CCCCCOc1ccc(C(=O)Oc2ccc(C=CC(=O)O)cc2)cc1.O=CO[O-].[H-].[K+].[K+]. The largest absolute Gasteiger partial charge is 1.00 e. The molecule has 0 aliphatic heterocycles. The number of carbonyl (C=O) groups is 5. The van der Waals surface area contributed by atoms with Gasteiger partial charge in [-0.05, 0) is 122 Å². The van der Waals surface area contributed by atoms with Crippen molar-refractivity contribution in [3.8, 4) is 23.0 Å². The van der Waals surface area contributed by atoms with E-state index in [4.69, 9.17) is 38.8 Å². The van der Waals surface area contributed by atoms with Crippen LogP contribution in [0.3, 0.4) is 0 Å². The summed E-state index contributed by atoms with van der Waals surface area (Å²) in [6.07, 6.45) is 17.4. The molecule has 0 saturated carbocycles. The molecule has 0 unspecified atom stereocenters. The van der Waals surface area contributed by atoms with Crippen LogP contribution in [0.15, 0.2) is 135 Å². The molecule has 13 nitrogen and oxygen atoms in total. The number of rotatable bonds is 24. The van der Waals surface area contributed by atoms with Gasteiger partial charge in [0.1, 0.15) is 23.0 Å². The van der Waals surface area contributed by atoms with Gasteiger partial charge in [-0.1, -0.05) is 91.9 Å². The Morgan fingerprint density at radius 1 is 0.612 bits per heavy atom. The van der Waals surface area contributed by atoms with Crippen molar-refractivity contribution < 1.29 is 167 Å². The van der Waals surface area contributed by atoms with Crippen molar-refractivity contribution in [2.75, 3.05) is 25.2 Å². The summed E-state index contributed by atoms with van der Waals surface area (Å²) in [6.45, 7) is 12.8. The molecule has 0 radical (unpaired) electrons. The molecular weight excluding hydrogens is 979 g/mol. The zero-order valence-electron chi connectivity index (χ0n) is 39.9. The van der Waals surface area contributed by atoms with Gasteiger partial charge in [-0.25, -0.2) is 19.2 Å². The first-order chi connectivity index (χ1) is 31.5. The van der Waals surface area contributed by atoms with E-state index in [9.17, 15) is 19.2 Å². The number of hydrogen-bond acceptors (Lipinski definition) is 12. The molecular formula is C51H59BrK2O13. The van der Waals surface area contributed by atoms with Gasteiger partial charge >= 0.3 is 127 Å². The standard InChI is InChI=1S/C25H28O5.C21H22O5.C4H7Br.CH2O3.2K.H/c1-3-5-7-19-28-22-15-11-21(12-16-22)25(27)30-23-13-8-20(9-14-23)10-17-24(26)29-18-6-4-2;1-2-3-4-15-25-18-12-8-17(9-13-18)21(24)26-19-10-5-16(6-11-19)7-14-20(22)23;1-2-3-4-5;2-1-4-3;;;/h4,8-17H,2-3,5-7,18-19H2,1H3;5-14H,2-4,15H2,1H3,(H,22,23);2H,1,3-4H2;1,3H;;;/q;;;;2*+1;-1/p-1. The van der Waals surface area contributed by atoms with E-state index in [2.05, 4.69) is 47.8 Å². The van der Waals surface area contributed by atoms with E-state index < -0.39 is 23.9 Å². The average Bonchev–Trinajstić information content (AvgIpc) is 3.32. The molecule has 0 spiro atoms. The summed E-state index contributed by atoms with van der Waals surface area (Å²) in [5, 5.41) is 18.1. The van der Waals surface area contributed by atoms with Crippen LogP contribution < -0.4 is 127 Å². The third-order valence-electron chi connectivity index (χ3n) is 8.14. The van der Waals surface area contributed by atoms with E-state index in [0.717, 1.165) is 73.4 Å². The Morgan fingerprint density at radius 2 is 1.00 bits per heavy atom. The molecule has 4 aromatic carbocycles. The van der Waals surface area contributed by atoms with Gasteiger partial charge in [-0.3, -0.25) is 4.79 Å². The summed E-state index contributed by atoms with van der Waals surface area (Å²) in [6, 6.07) is 27.2. The Balaban J connectivity index is -0.00000102. The topological polar surface area (TPSA) is 184 Å². The van der Waals surface area contributed by atoms with E-state index in [1.807, 2.05) is 6.08 Å². The van der Waals surface area contributed by atoms with Crippen molar-refractivity contribution in [1.29, 1.82) is 0 Å². The number of allylic oxidation sites excluding steroid dienone is 1. The molecule has 16 heteroatoms. The molecule has 0 aromatic heterocycles.